The summed E-state index contributed by atoms with van der Waals surface area (Å²) in [4.78, 5) is 2.86. The number of benzene rings is 1. The summed E-state index contributed by atoms with van der Waals surface area (Å²) >= 11 is 0. The number of ether oxygens (including phenoxy) is 4. The first-order chi connectivity index (χ1) is 10.7. The van der Waals surface area contributed by atoms with E-state index in [-0.39, 0.29) is 30.6 Å². The largest absolute Gasteiger partial charge is 0.467 e. The lowest BCUT2D eigenvalue weighted by molar-refractivity contribution is 0.0435. The molecule has 1 fully saturated rings. The number of azide groups is 1. The van der Waals surface area contributed by atoms with Gasteiger partial charge in [-0.15, -0.1) is 0 Å². The van der Waals surface area contributed by atoms with E-state index in [1.165, 1.54) is 20.3 Å². The minimum Gasteiger partial charge on any atom is -0.467 e. The summed E-state index contributed by atoms with van der Waals surface area (Å²) in [5.74, 6) is -0.0172. The van der Waals surface area contributed by atoms with Gasteiger partial charge >= 0.3 is 0 Å². The van der Waals surface area contributed by atoms with Crippen LogP contribution in [-0.2, 0) is 15.0 Å². The Labute approximate surface area is 127 Å². The molecule has 7 nitrogen and oxygen atoms in total. The minimum atomic E-state index is -0.901. The average molecular weight is 311 g/mol. The maximum absolute atomic E-state index is 14.6. The highest BCUT2D eigenvalue weighted by atomic mass is 19.1. The third-order valence-corrected chi connectivity index (χ3v) is 3.59. The molecule has 0 N–H and O–H groups in total. The lowest BCUT2D eigenvalue weighted by Gasteiger charge is -2.38. The quantitative estimate of drug-likeness (QED) is 0.318. The first-order valence-electron chi connectivity index (χ1n) is 6.80. The van der Waals surface area contributed by atoms with E-state index in [1.807, 2.05) is 0 Å². The fourth-order valence-electron chi connectivity index (χ4n) is 2.45. The smallest absolute Gasteiger partial charge is 0.188 e. The van der Waals surface area contributed by atoms with Gasteiger partial charge in [0.15, 0.2) is 13.6 Å². The highest BCUT2D eigenvalue weighted by Gasteiger charge is 2.42. The van der Waals surface area contributed by atoms with Crippen molar-refractivity contribution in [3.05, 3.63) is 34.0 Å². The Hall–Kier alpha value is -2.02. The summed E-state index contributed by atoms with van der Waals surface area (Å²) in [7, 11) is 2.94. The number of hydrogen-bond donors (Lipinski definition) is 0. The number of nitrogens with zero attached hydrogens (tertiary/aromatic N) is 3. The van der Waals surface area contributed by atoms with E-state index in [1.54, 1.807) is 6.07 Å². The second kappa shape index (κ2) is 7.31. The zero-order chi connectivity index (χ0) is 16.0. The topological polar surface area (TPSA) is 85.7 Å². The van der Waals surface area contributed by atoms with Crippen molar-refractivity contribution in [1.82, 2.24) is 0 Å². The van der Waals surface area contributed by atoms with Crippen molar-refractivity contribution in [1.29, 1.82) is 0 Å². The maximum atomic E-state index is 14.6. The van der Waals surface area contributed by atoms with Crippen LogP contribution in [-0.4, -0.2) is 27.8 Å². The highest BCUT2D eigenvalue weighted by Crippen LogP contribution is 2.50. The van der Waals surface area contributed by atoms with Crippen molar-refractivity contribution in [3.8, 4) is 11.5 Å². The van der Waals surface area contributed by atoms with Crippen LogP contribution in [0.2, 0.25) is 0 Å². The summed E-state index contributed by atoms with van der Waals surface area (Å²) < 4.78 is 34.9. The number of halogens is 1. The van der Waals surface area contributed by atoms with Gasteiger partial charge in [0.1, 0.15) is 17.3 Å². The normalized spacial score (nSPS) is 15.6. The van der Waals surface area contributed by atoms with Gasteiger partial charge in [0.2, 0.25) is 0 Å². The average Bonchev–Trinajstić information content (AvgIpc) is 2.47. The van der Waals surface area contributed by atoms with E-state index in [9.17, 15) is 4.39 Å². The van der Waals surface area contributed by atoms with Crippen LogP contribution in [0.25, 0.3) is 10.4 Å². The fourth-order valence-corrected chi connectivity index (χ4v) is 2.45. The van der Waals surface area contributed by atoms with E-state index in [4.69, 9.17) is 24.5 Å². The Kier molecular flexibility index (Phi) is 5.43. The number of rotatable bonds is 8. The summed E-state index contributed by atoms with van der Waals surface area (Å²) in [6, 6.07) is 2.78. The Bertz CT molecular complexity index is 571. The van der Waals surface area contributed by atoms with Gasteiger partial charge in [-0.3, -0.25) is 0 Å². The van der Waals surface area contributed by atoms with Gasteiger partial charge in [0, 0.05) is 36.8 Å². The van der Waals surface area contributed by atoms with Crippen molar-refractivity contribution in [2.24, 2.45) is 5.11 Å². The standard InChI is InChI=1S/C14H18FN3O4/c1-19-8-21-10-6-11(15)13(12(7-10)22-9-20-2)14(17-18-16)4-3-5-14/h6-7H,3-5,8-9H2,1-2H3. The van der Waals surface area contributed by atoms with Crippen LogP contribution < -0.4 is 9.47 Å². The van der Waals surface area contributed by atoms with E-state index in [2.05, 4.69) is 10.0 Å². The molecule has 0 radical (unpaired) electrons. The summed E-state index contributed by atoms with van der Waals surface area (Å²) in [6.45, 7) is -0.0590. The van der Waals surface area contributed by atoms with Gasteiger partial charge in [0.25, 0.3) is 0 Å². The Morgan fingerprint density at radius 1 is 1.23 bits per heavy atom. The molecular weight excluding hydrogens is 293 g/mol. The molecule has 120 valence electrons. The molecular formula is C14H18FN3O4. The second-order valence-electron chi connectivity index (χ2n) is 4.95. The molecule has 0 bridgehead atoms. The van der Waals surface area contributed by atoms with Crippen molar-refractivity contribution < 1.29 is 23.3 Å². The predicted molar refractivity (Wildman–Crippen MR) is 76.1 cm³/mol. The second-order valence-corrected chi connectivity index (χ2v) is 4.95. The van der Waals surface area contributed by atoms with Gasteiger partial charge < -0.3 is 18.9 Å². The molecule has 0 aromatic heterocycles. The Morgan fingerprint density at radius 2 is 1.91 bits per heavy atom. The Morgan fingerprint density at radius 3 is 2.45 bits per heavy atom. The monoisotopic (exact) mass is 311 g/mol. The van der Waals surface area contributed by atoms with Crippen LogP contribution >= 0.6 is 0 Å². The van der Waals surface area contributed by atoms with Gasteiger partial charge in [-0.2, -0.15) is 0 Å². The first kappa shape index (κ1) is 16.4. The molecule has 1 aliphatic rings. The minimum absolute atomic E-state index is 0.00992. The zero-order valence-corrected chi connectivity index (χ0v) is 12.5. The van der Waals surface area contributed by atoms with Crippen LogP contribution in [0.1, 0.15) is 24.8 Å². The lowest BCUT2D eigenvalue weighted by atomic mass is 9.72. The van der Waals surface area contributed by atoms with Crippen molar-refractivity contribution in [2.75, 3.05) is 27.8 Å². The van der Waals surface area contributed by atoms with E-state index in [0.29, 0.717) is 12.8 Å². The van der Waals surface area contributed by atoms with Crippen LogP contribution in [0, 0.1) is 5.82 Å². The molecule has 0 amide bonds. The molecule has 2 rings (SSSR count). The Balaban J connectivity index is 2.43. The molecule has 0 atom stereocenters. The molecule has 0 heterocycles. The molecule has 0 spiro atoms. The lowest BCUT2D eigenvalue weighted by Crippen LogP contribution is -2.33. The molecule has 0 saturated heterocycles. The highest BCUT2D eigenvalue weighted by molar-refractivity contribution is 5.47. The molecule has 22 heavy (non-hydrogen) atoms. The third-order valence-electron chi connectivity index (χ3n) is 3.59. The van der Waals surface area contributed by atoms with Crippen LogP contribution in [0.3, 0.4) is 0 Å². The molecule has 0 unspecified atom stereocenters. The fraction of sp³-hybridized carbons (Fsp3) is 0.571. The maximum Gasteiger partial charge on any atom is 0.188 e. The van der Waals surface area contributed by atoms with E-state index >= 15 is 0 Å². The molecule has 8 heteroatoms. The summed E-state index contributed by atoms with van der Waals surface area (Å²) in [5.41, 5.74) is 8.13. The van der Waals surface area contributed by atoms with Crippen molar-refractivity contribution in [2.45, 2.75) is 24.8 Å². The first-order valence-corrected chi connectivity index (χ1v) is 6.80. The molecule has 1 saturated carbocycles. The van der Waals surface area contributed by atoms with Gasteiger partial charge in [-0.1, -0.05) is 11.5 Å². The van der Waals surface area contributed by atoms with Gasteiger partial charge in [-0.05, 0) is 18.4 Å². The van der Waals surface area contributed by atoms with Crippen LogP contribution in [0.5, 0.6) is 11.5 Å². The SMILES string of the molecule is COCOc1cc(F)c(C2(N=[N+]=[N-])CCC2)c(OCOC)c1. The predicted octanol–water partition coefficient (Wildman–Crippen LogP) is 3.48. The number of methoxy groups -OCH3 is 2. The third kappa shape index (κ3) is 3.24. The zero-order valence-electron chi connectivity index (χ0n) is 12.5. The number of hydrogen-bond acceptors (Lipinski definition) is 5. The van der Waals surface area contributed by atoms with Gasteiger partial charge in [-0.25, -0.2) is 4.39 Å². The van der Waals surface area contributed by atoms with Crippen LogP contribution in [0.15, 0.2) is 17.2 Å². The van der Waals surface area contributed by atoms with Gasteiger partial charge in [0.05, 0.1) is 5.54 Å². The summed E-state index contributed by atoms with van der Waals surface area (Å²) in [5, 5.41) is 3.81. The molecule has 1 aromatic carbocycles. The van der Waals surface area contributed by atoms with Crippen LogP contribution in [0.4, 0.5) is 4.39 Å². The summed E-state index contributed by atoms with van der Waals surface area (Å²) in [6.07, 6.45) is 2.02. The molecule has 1 aliphatic carbocycles. The van der Waals surface area contributed by atoms with E-state index < -0.39 is 11.4 Å². The van der Waals surface area contributed by atoms with Crippen molar-refractivity contribution >= 4 is 0 Å². The van der Waals surface area contributed by atoms with E-state index in [0.717, 1.165) is 6.42 Å². The molecule has 1 aromatic rings. The van der Waals surface area contributed by atoms with Crippen molar-refractivity contribution in [3.63, 3.8) is 0 Å². The molecule has 0 aliphatic heterocycles.